The summed E-state index contributed by atoms with van der Waals surface area (Å²) < 4.78 is 40.6. The summed E-state index contributed by atoms with van der Waals surface area (Å²) in [5, 5.41) is 8.19. The lowest BCUT2D eigenvalue weighted by Gasteiger charge is -2.19. The van der Waals surface area contributed by atoms with Crippen LogP contribution in [0.3, 0.4) is 0 Å². The van der Waals surface area contributed by atoms with Gasteiger partial charge in [-0.05, 0) is 0 Å². The summed E-state index contributed by atoms with van der Waals surface area (Å²) >= 11 is 0. The van der Waals surface area contributed by atoms with Crippen molar-refractivity contribution in [1.29, 1.82) is 0 Å². The number of halogens is 3. The van der Waals surface area contributed by atoms with Crippen LogP contribution < -0.4 is 0 Å². The molecule has 0 bridgehead atoms. The van der Waals surface area contributed by atoms with Crippen molar-refractivity contribution in [3.05, 3.63) is 12.3 Å². The van der Waals surface area contributed by atoms with Crippen LogP contribution in [0, 0.1) is 5.92 Å². The van der Waals surface area contributed by atoms with E-state index in [1.165, 1.54) is 0 Å². The Labute approximate surface area is 72.8 Å². The Morgan fingerprint density at radius 3 is 2.31 bits per heavy atom. The van der Waals surface area contributed by atoms with Gasteiger partial charge in [0.05, 0.1) is 13.5 Å². The fourth-order valence-corrected chi connectivity index (χ4v) is 0.729. The van der Waals surface area contributed by atoms with E-state index >= 15 is 0 Å². The van der Waals surface area contributed by atoms with Crippen LogP contribution in [0.1, 0.15) is 6.42 Å². The number of carboxylic acids is 1. The predicted molar refractivity (Wildman–Crippen MR) is 37.9 cm³/mol. The van der Waals surface area contributed by atoms with Gasteiger partial charge in [0.15, 0.2) is 0 Å². The molecule has 76 valence electrons. The summed E-state index contributed by atoms with van der Waals surface area (Å²) in [6.07, 6.45) is -5.69. The summed E-state index contributed by atoms with van der Waals surface area (Å²) in [7, 11) is 1.02. The molecule has 0 aliphatic heterocycles. The van der Waals surface area contributed by atoms with Gasteiger partial charge in [0.25, 0.3) is 0 Å². The fourth-order valence-electron chi connectivity index (χ4n) is 0.729. The molecule has 0 aromatic carbocycles. The number of alkyl halides is 3. The van der Waals surface area contributed by atoms with Gasteiger partial charge in [0, 0.05) is 0 Å². The van der Waals surface area contributed by atoms with Crippen molar-refractivity contribution in [3.63, 3.8) is 0 Å². The molecule has 1 atom stereocenters. The first-order chi connectivity index (χ1) is 5.79. The zero-order chi connectivity index (χ0) is 10.6. The maximum absolute atomic E-state index is 12.1. The molecule has 0 radical (unpaired) electrons. The summed E-state index contributed by atoms with van der Waals surface area (Å²) in [5.74, 6) is -4.27. The van der Waals surface area contributed by atoms with Crippen LogP contribution in [-0.4, -0.2) is 24.4 Å². The topological polar surface area (TPSA) is 46.5 Å². The van der Waals surface area contributed by atoms with E-state index in [1.807, 2.05) is 0 Å². The monoisotopic (exact) mass is 198 g/mol. The molecule has 3 nitrogen and oxygen atoms in total. The molecular weight excluding hydrogens is 189 g/mol. The highest BCUT2D eigenvalue weighted by atomic mass is 19.4. The van der Waals surface area contributed by atoms with Gasteiger partial charge >= 0.3 is 12.1 Å². The third-order valence-corrected chi connectivity index (χ3v) is 1.42. The largest absolute Gasteiger partial charge is 0.501 e. The van der Waals surface area contributed by atoms with E-state index < -0.39 is 30.2 Å². The average molecular weight is 198 g/mol. The molecule has 0 heterocycles. The SMILES string of the molecule is C=C(OC)C(CC(=O)O)C(F)(F)F. The highest BCUT2D eigenvalue weighted by Crippen LogP contribution is 2.33. The van der Waals surface area contributed by atoms with E-state index in [2.05, 4.69) is 11.3 Å². The van der Waals surface area contributed by atoms with Gasteiger partial charge in [-0.25, -0.2) is 0 Å². The normalized spacial score (nSPS) is 13.5. The van der Waals surface area contributed by atoms with E-state index in [9.17, 15) is 18.0 Å². The Hall–Kier alpha value is -1.20. The van der Waals surface area contributed by atoms with Crippen molar-refractivity contribution >= 4 is 5.97 Å². The van der Waals surface area contributed by atoms with Gasteiger partial charge in [-0.2, -0.15) is 13.2 Å². The molecule has 0 amide bonds. The Kier molecular flexibility index (Phi) is 3.77. The van der Waals surface area contributed by atoms with Crippen LogP contribution in [0.15, 0.2) is 12.3 Å². The Morgan fingerprint density at radius 2 is 2.08 bits per heavy atom. The number of methoxy groups -OCH3 is 1. The highest BCUT2D eigenvalue weighted by molar-refractivity contribution is 5.67. The van der Waals surface area contributed by atoms with Gasteiger partial charge in [-0.3, -0.25) is 4.79 Å². The molecule has 6 heteroatoms. The number of rotatable bonds is 4. The molecule has 1 N–H and O–H groups in total. The van der Waals surface area contributed by atoms with Crippen molar-refractivity contribution < 1.29 is 27.8 Å². The maximum atomic E-state index is 12.1. The molecule has 0 fully saturated rings. The highest BCUT2D eigenvalue weighted by Gasteiger charge is 2.43. The van der Waals surface area contributed by atoms with E-state index in [-0.39, 0.29) is 0 Å². The number of carboxylic acid groups (broad SMARTS) is 1. The lowest BCUT2D eigenvalue weighted by atomic mass is 10.0. The second-order valence-corrected chi connectivity index (χ2v) is 2.36. The van der Waals surface area contributed by atoms with Crippen molar-refractivity contribution in [3.8, 4) is 0 Å². The smallest absolute Gasteiger partial charge is 0.399 e. The van der Waals surface area contributed by atoms with Gasteiger partial charge < -0.3 is 9.84 Å². The first kappa shape index (κ1) is 11.8. The van der Waals surface area contributed by atoms with Crippen LogP contribution in [0.25, 0.3) is 0 Å². The summed E-state index contributed by atoms with van der Waals surface area (Å²) in [4.78, 5) is 10.1. The fraction of sp³-hybridized carbons (Fsp3) is 0.571. The molecule has 0 aliphatic rings. The molecule has 0 aromatic rings. The number of carbonyl (C=O) groups is 1. The van der Waals surface area contributed by atoms with Crippen LogP contribution in [0.2, 0.25) is 0 Å². The molecule has 0 saturated heterocycles. The first-order valence-electron chi connectivity index (χ1n) is 3.30. The van der Waals surface area contributed by atoms with E-state index in [0.717, 1.165) is 7.11 Å². The van der Waals surface area contributed by atoms with Crippen molar-refractivity contribution in [1.82, 2.24) is 0 Å². The minimum Gasteiger partial charge on any atom is -0.501 e. The quantitative estimate of drug-likeness (QED) is 0.700. The molecule has 0 rings (SSSR count). The molecule has 0 aliphatic carbocycles. The zero-order valence-corrected chi connectivity index (χ0v) is 6.89. The number of allylic oxidation sites excluding steroid dienone is 1. The predicted octanol–water partition coefficient (Wildman–Crippen LogP) is 1.80. The lowest BCUT2D eigenvalue weighted by molar-refractivity contribution is -0.180. The number of ether oxygens (including phenoxy) is 1. The van der Waals surface area contributed by atoms with Crippen LogP contribution in [-0.2, 0) is 9.53 Å². The van der Waals surface area contributed by atoms with Crippen LogP contribution in [0.4, 0.5) is 13.2 Å². The second kappa shape index (κ2) is 4.15. The number of hydrogen-bond donors (Lipinski definition) is 1. The standard InChI is InChI=1S/C7H9F3O3/c1-4(13-2)5(3-6(11)12)7(8,9)10/h5H,1,3H2,2H3,(H,11,12). The van der Waals surface area contributed by atoms with E-state index in [0.29, 0.717) is 0 Å². The summed E-state index contributed by atoms with van der Waals surface area (Å²) in [6.45, 7) is 2.99. The lowest BCUT2D eigenvalue weighted by Crippen LogP contribution is -2.27. The van der Waals surface area contributed by atoms with E-state index in [4.69, 9.17) is 5.11 Å². The van der Waals surface area contributed by atoms with Gasteiger partial charge in [-0.1, -0.05) is 6.58 Å². The molecule has 0 aromatic heterocycles. The molecule has 13 heavy (non-hydrogen) atoms. The number of aliphatic carboxylic acids is 1. The van der Waals surface area contributed by atoms with Crippen molar-refractivity contribution in [2.75, 3.05) is 7.11 Å². The molecule has 0 saturated carbocycles. The van der Waals surface area contributed by atoms with Gasteiger partial charge in [-0.15, -0.1) is 0 Å². The molecule has 0 spiro atoms. The minimum absolute atomic E-state index is 0.588. The molecule has 1 unspecified atom stereocenters. The number of hydrogen-bond acceptors (Lipinski definition) is 2. The average Bonchev–Trinajstić information content (AvgIpc) is 1.96. The Balaban J connectivity index is 4.56. The minimum atomic E-state index is -4.63. The van der Waals surface area contributed by atoms with E-state index in [1.54, 1.807) is 0 Å². The zero-order valence-electron chi connectivity index (χ0n) is 6.89. The van der Waals surface area contributed by atoms with Crippen LogP contribution >= 0.6 is 0 Å². The van der Waals surface area contributed by atoms with Crippen molar-refractivity contribution in [2.24, 2.45) is 5.92 Å². The first-order valence-corrected chi connectivity index (χ1v) is 3.30. The molecular formula is C7H9F3O3. The Bertz CT molecular complexity index is 210. The van der Waals surface area contributed by atoms with Crippen molar-refractivity contribution in [2.45, 2.75) is 12.6 Å². The third kappa shape index (κ3) is 3.82. The van der Waals surface area contributed by atoms with Gasteiger partial charge in [0.2, 0.25) is 0 Å². The Morgan fingerprint density at radius 1 is 1.62 bits per heavy atom. The van der Waals surface area contributed by atoms with Gasteiger partial charge in [0.1, 0.15) is 11.7 Å². The summed E-state index contributed by atoms with van der Waals surface area (Å²) in [6, 6.07) is 0. The maximum Gasteiger partial charge on any atom is 0.399 e. The summed E-state index contributed by atoms with van der Waals surface area (Å²) in [5.41, 5.74) is 0. The van der Waals surface area contributed by atoms with Crippen LogP contribution in [0.5, 0.6) is 0 Å². The third-order valence-electron chi connectivity index (χ3n) is 1.42. The second-order valence-electron chi connectivity index (χ2n) is 2.36.